The van der Waals surface area contributed by atoms with Gasteiger partial charge in [0.15, 0.2) is 0 Å². The molecule has 1 atom stereocenters. The van der Waals surface area contributed by atoms with Crippen molar-refractivity contribution in [3.05, 3.63) is 93.8 Å². The molecule has 34 heavy (non-hydrogen) atoms. The van der Waals surface area contributed by atoms with E-state index in [1.807, 2.05) is 48.7 Å². The number of rotatable bonds is 8. The average Bonchev–Trinajstić information content (AvgIpc) is 3.51. The number of nitrogens with one attached hydrogen (secondary N) is 2. The molecule has 0 aliphatic rings. The Hall–Kier alpha value is -3.71. The van der Waals surface area contributed by atoms with Crippen molar-refractivity contribution >= 4 is 39.9 Å². The maximum absolute atomic E-state index is 13.3. The third-order valence-electron chi connectivity index (χ3n) is 5.94. The molecule has 7 heteroatoms. The number of ether oxygens (including phenoxy) is 1. The van der Waals surface area contributed by atoms with Crippen LogP contribution in [0.5, 0.6) is 0 Å². The van der Waals surface area contributed by atoms with E-state index in [4.69, 9.17) is 4.74 Å². The fourth-order valence-electron chi connectivity index (χ4n) is 3.83. The van der Waals surface area contributed by atoms with E-state index in [0.29, 0.717) is 16.9 Å². The number of esters is 1. The van der Waals surface area contributed by atoms with Gasteiger partial charge in [-0.05, 0) is 37.6 Å². The number of fused-ring (bicyclic) bond motifs is 1. The topological polar surface area (TPSA) is 88.3 Å². The van der Waals surface area contributed by atoms with Crippen LogP contribution in [0.25, 0.3) is 10.9 Å². The van der Waals surface area contributed by atoms with E-state index in [1.165, 1.54) is 18.4 Å². The van der Waals surface area contributed by atoms with Crippen molar-refractivity contribution in [3.8, 4) is 0 Å². The maximum atomic E-state index is 13.3. The maximum Gasteiger partial charge on any atom is 0.328 e. The zero-order valence-electron chi connectivity index (χ0n) is 19.3. The Bertz CT molecular complexity index is 1340. The van der Waals surface area contributed by atoms with Crippen LogP contribution in [0.3, 0.4) is 0 Å². The second-order valence-corrected chi connectivity index (χ2v) is 9.68. The number of hydrogen-bond donors (Lipinski definition) is 2. The summed E-state index contributed by atoms with van der Waals surface area (Å²) >= 11 is 1.29. The molecule has 2 aromatic heterocycles. The molecule has 0 radical (unpaired) electrons. The van der Waals surface area contributed by atoms with Crippen molar-refractivity contribution < 1.29 is 19.1 Å². The number of ketones is 1. The van der Waals surface area contributed by atoms with E-state index in [0.717, 1.165) is 21.3 Å². The molecule has 0 fully saturated rings. The predicted octanol–water partition coefficient (Wildman–Crippen LogP) is 4.64. The molecule has 0 aliphatic carbocycles. The van der Waals surface area contributed by atoms with Gasteiger partial charge in [-0.1, -0.05) is 48.5 Å². The fraction of sp³-hybridized carbons (Fsp3) is 0.222. The number of benzene rings is 2. The van der Waals surface area contributed by atoms with Crippen LogP contribution in [-0.2, 0) is 26.2 Å². The van der Waals surface area contributed by atoms with Crippen LogP contribution >= 0.6 is 11.3 Å². The minimum Gasteiger partial charge on any atom is -0.467 e. The third kappa shape index (κ3) is 4.65. The van der Waals surface area contributed by atoms with Crippen molar-refractivity contribution in [2.75, 3.05) is 7.11 Å². The van der Waals surface area contributed by atoms with Gasteiger partial charge in [-0.2, -0.15) is 0 Å². The molecule has 2 N–H and O–H groups in total. The Balaban J connectivity index is 1.53. The number of para-hydroxylation sites is 1. The van der Waals surface area contributed by atoms with E-state index in [9.17, 15) is 14.4 Å². The number of hydrogen-bond acceptors (Lipinski definition) is 5. The summed E-state index contributed by atoms with van der Waals surface area (Å²) in [5, 5.41) is 3.87. The lowest BCUT2D eigenvalue weighted by atomic mass is 9.89. The van der Waals surface area contributed by atoms with Gasteiger partial charge in [0.1, 0.15) is 6.04 Å². The molecule has 0 aliphatic heterocycles. The molecule has 174 valence electrons. The lowest BCUT2D eigenvalue weighted by molar-refractivity contribution is -0.145. The van der Waals surface area contributed by atoms with Crippen molar-refractivity contribution in [2.45, 2.75) is 31.7 Å². The van der Waals surface area contributed by atoms with Crippen molar-refractivity contribution in [3.63, 3.8) is 0 Å². The summed E-state index contributed by atoms with van der Waals surface area (Å²) in [6, 6.07) is 19.5. The van der Waals surface area contributed by atoms with E-state index in [2.05, 4.69) is 10.3 Å². The van der Waals surface area contributed by atoms with Gasteiger partial charge in [0, 0.05) is 34.0 Å². The van der Waals surface area contributed by atoms with Crippen molar-refractivity contribution in [2.24, 2.45) is 0 Å². The first-order chi connectivity index (χ1) is 16.3. The lowest BCUT2D eigenvalue weighted by Crippen LogP contribution is -2.49. The molecule has 6 nitrogen and oxygen atoms in total. The van der Waals surface area contributed by atoms with Gasteiger partial charge in [-0.25, -0.2) is 4.79 Å². The first kappa shape index (κ1) is 23.4. The number of aromatic amines is 1. The summed E-state index contributed by atoms with van der Waals surface area (Å²) in [5.41, 5.74) is 1.52. The molecule has 0 saturated carbocycles. The summed E-state index contributed by atoms with van der Waals surface area (Å²) in [6.07, 6.45) is 2.14. The molecule has 0 bridgehead atoms. The van der Waals surface area contributed by atoms with Crippen LogP contribution in [0, 0.1) is 0 Å². The van der Waals surface area contributed by atoms with Crippen LogP contribution in [0.15, 0.2) is 72.9 Å². The largest absolute Gasteiger partial charge is 0.467 e. The summed E-state index contributed by atoms with van der Waals surface area (Å²) in [7, 11) is 1.31. The van der Waals surface area contributed by atoms with E-state index in [1.54, 1.807) is 38.1 Å². The Labute approximate surface area is 202 Å². The molecule has 0 saturated heterocycles. The average molecular weight is 475 g/mol. The molecule has 0 spiro atoms. The van der Waals surface area contributed by atoms with Crippen LogP contribution < -0.4 is 5.32 Å². The Kier molecular flexibility index (Phi) is 6.65. The molecule has 1 amide bonds. The zero-order chi connectivity index (χ0) is 24.3. The van der Waals surface area contributed by atoms with Crippen molar-refractivity contribution in [1.82, 2.24) is 10.3 Å². The second kappa shape index (κ2) is 9.65. The van der Waals surface area contributed by atoms with Gasteiger partial charge in [0.2, 0.25) is 11.7 Å². The third-order valence-corrected chi connectivity index (χ3v) is 7.35. The number of carbonyl (C=O) groups excluding carboxylic acids is 3. The van der Waals surface area contributed by atoms with Crippen LogP contribution in [0.1, 0.15) is 39.5 Å². The Morgan fingerprint density at radius 3 is 2.44 bits per heavy atom. The molecule has 0 unspecified atom stereocenters. The molecule has 2 heterocycles. The van der Waals surface area contributed by atoms with E-state index >= 15 is 0 Å². The Morgan fingerprint density at radius 2 is 1.71 bits per heavy atom. The van der Waals surface area contributed by atoms with Gasteiger partial charge >= 0.3 is 5.97 Å². The highest BCUT2D eigenvalue weighted by molar-refractivity contribution is 7.14. The SMILES string of the molecule is COC(=O)[C@H](Cc1c[nH]c2ccccc12)NC(=O)C(C)(C)c1ccc(C(=O)c2ccccc2)s1. The minimum absolute atomic E-state index is 0.0835. The van der Waals surface area contributed by atoms with Gasteiger partial charge in [0.25, 0.3) is 0 Å². The summed E-state index contributed by atoms with van der Waals surface area (Å²) in [6.45, 7) is 3.57. The normalized spacial score (nSPS) is 12.3. The van der Waals surface area contributed by atoms with Gasteiger partial charge in [0.05, 0.1) is 17.4 Å². The quantitative estimate of drug-likeness (QED) is 0.288. The minimum atomic E-state index is -0.952. The number of aromatic nitrogens is 1. The monoisotopic (exact) mass is 474 g/mol. The van der Waals surface area contributed by atoms with Gasteiger partial charge in [-0.15, -0.1) is 11.3 Å². The van der Waals surface area contributed by atoms with Crippen molar-refractivity contribution in [1.29, 1.82) is 0 Å². The Morgan fingerprint density at radius 1 is 1.00 bits per heavy atom. The highest BCUT2D eigenvalue weighted by atomic mass is 32.1. The van der Waals surface area contributed by atoms with Crippen LogP contribution in [0.2, 0.25) is 0 Å². The van der Waals surface area contributed by atoms with Gasteiger partial charge in [-0.3, -0.25) is 9.59 Å². The number of methoxy groups -OCH3 is 1. The van der Waals surface area contributed by atoms with E-state index in [-0.39, 0.29) is 11.7 Å². The second-order valence-electron chi connectivity index (χ2n) is 8.60. The number of carbonyl (C=O) groups is 3. The number of H-pyrrole nitrogens is 1. The fourth-order valence-corrected chi connectivity index (χ4v) is 4.90. The smallest absolute Gasteiger partial charge is 0.328 e. The number of amides is 1. The molecule has 4 aromatic rings. The van der Waals surface area contributed by atoms with E-state index < -0.39 is 17.4 Å². The molecular formula is C27H26N2O4S. The first-order valence-corrected chi connectivity index (χ1v) is 11.8. The lowest BCUT2D eigenvalue weighted by Gasteiger charge is -2.25. The molecule has 2 aromatic carbocycles. The highest BCUT2D eigenvalue weighted by Crippen LogP contribution is 2.32. The standard InChI is InChI=1S/C27H26N2O4S/c1-27(2,23-14-13-22(34-23)24(30)17-9-5-4-6-10-17)26(32)29-21(25(31)33-3)15-18-16-28-20-12-8-7-11-19(18)20/h4-14,16,21,28H,15H2,1-3H3,(H,29,32)/t21-/m0/s1. The first-order valence-electron chi connectivity index (χ1n) is 10.9. The van der Waals surface area contributed by atoms with Gasteiger partial charge < -0.3 is 15.0 Å². The molecular weight excluding hydrogens is 448 g/mol. The summed E-state index contributed by atoms with van der Waals surface area (Å²) < 4.78 is 4.97. The summed E-state index contributed by atoms with van der Waals surface area (Å²) in [4.78, 5) is 43.1. The highest BCUT2D eigenvalue weighted by Gasteiger charge is 2.35. The van der Waals surface area contributed by atoms with Crippen LogP contribution in [-0.4, -0.2) is 35.8 Å². The molecule has 4 rings (SSSR count). The number of thiophene rings is 1. The zero-order valence-corrected chi connectivity index (χ0v) is 20.1. The van der Waals surface area contributed by atoms with Crippen LogP contribution in [0.4, 0.5) is 0 Å². The predicted molar refractivity (Wildman–Crippen MR) is 133 cm³/mol. The summed E-state index contributed by atoms with van der Waals surface area (Å²) in [5.74, 6) is -0.913.